The average molecular weight is 391 g/mol. The third kappa shape index (κ3) is 2.02. The van der Waals surface area contributed by atoms with Crippen LogP contribution in [0.1, 0.15) is 18.0 Å². The van der Waals surface area contributed by atoms with Gasteiger partial charge in [-0.05, 0) is 12.5 Å². The Hall–Kier alpha value is -2.72. The standard InChI is InChI=1S/C17H17N3O6S/c1-4-10-9-17(14(21)18(2)16(23)19(3)15(17)22)13-11-7-5-6-8-12(11)26-27(24,25)20(10)13/h4-8,10,13H,1,9H2,2-3H3/t10-,13-/m0/s1. The highest BCUT2D eigenvalue weighted by atomic mass is 32.2. The van der Waals surface area contributed by atoms with Gasteiger partial charge < -0.3 is 4.18 Å². The molecule has 1 aromatic rings. The molecule has 3 heterocycles. The minimum absolute atomic E-state index is 0.0608. The SMILES string of the molecule is C=C[C@H]1CC2(C(=O)N(C)C(=O)N(C)C2=O)[C@@H]2c3ccccc3OS(=O)(=O)N21. The first-order valence-electron chi connectivity index (χ1n) is 8.21. The van der Waals surface area contributed by atoms with Gasteiger partial charge in [-0.15, -0.1) is 6.58 Å². The van der Waals surface area contributed by atoms with Crippen LogP contribution in [-0.4, -0.2) is 60.5 Å². The highest BCUT2D eigenvalue weighted by molar-refractivity contribution is 7.84. The fourth-order valence-electron chi connectivity index (χ4n) is 4.26. The Labute approximate surface area is 156 Å². The van der Waals surface area contributed by atoms with Gasteiger partial charge >= 0.3 is 16.3 Å². The molecule has 1 spiro atoms. The fraction of sp³-hybridized carbons (Fsp3) is 0.353. The molecule has 9 nitrogen and oxygen atoms in total. The van der Waals surface area contributed by atoms with Gasteiger partial charge in [-0.25, -0.2) is 4.79 Å². The van der Waals surface area contributed by atoms with E-state index in [1.807, 2.05) is 0 Å². The van der Waals surface area contributed by atoms with Crippen molar-refractivity contribution in [2.45, 2.75) is 18.5 Å². The van der Waals surface area contributed by atoms with E-state index in [-0.39, 0.29) is 12.2 Å². The number of nitrogens with zero attached hydrogens (tertiary/aromatic N) is 3. The molecule has 0 saturated carbocycles. The Morgan fingerprint density at radius 3 is 2.33 bits per heavy atom. The predicted octanol–water partition coefficient (Wildman–Crippen LogP) is 0.662. The van der Waals surface area contributed by atoms with Crippen LogP contribution in [0.2, 0.25) is 0 Å². The van der Waals surface area contributed by atoms with Gasteiger partial charge in [0.05, 0.1) is 6.04 Å². The third-order valence-corrected chi connectivity index (χ3v) is 6.85. The smallest absolute Gasteiger partial charge is 0.370 e. The van der Waals surface area contributed by atoms with Crippen molar-refractivity contribution >= 4 is 28.1 Å². The molecule has 3 aliphatic heterocycles. The Kier molecular flexibility index (Phi) is 3.53. The van der Waals surface area contributed by atoms with Crippen molar-refractivity contribution in [2.24, 2.45) is 5.41 Å². The zero-order chi connectivity index (χ0) is 19.7. The summed E-state index contributed by atoms with van der Waals surface area (Å²) in [6.07, 6.45) is 1.24. The number of barbiturate groups is 1. The van der Waals surface area contributed by atoms with E-state index in [9.17, 15) is 22.8 Å². The van der Waals surface area contributed by atoms with Gasteiger partial charge in [0, 0.05) is 25.7 Å². The monoisotopic (exact) mass is 391 g/mol. The van der Waals surface area contributed by atoms with Crippen LogP contribution >= 0.6 is 0 Å². The van der Waals surface area contributed by atoms with Crippen molar-refractivity contribution in [1.29, 1.82) is 0 Å². The Bertz CT molecular complexity index is 980. The van der Waals surface area contributed by atoms with Crippen LogP contribution in [0.4, 0.5) is 4.79 Å². The summed E-state index contributed by atoms with van der Waals surface area (Å²) < 4.78 is 31.8. The zero-order valence-electron chi connectivity index (χ0n) is 14.7. The van der Waals surface area contributed by atoms with E-state index >= 15 is 0 Å². The summed E-state index contributed by atoms with van der Waals surface area (Å²) in [5, 5.41) is 0. The van der Waals surface area contributed by atoms with Gasteiger partial charge in [0.1, 0.15) is 5.75 Å². The van der Waals surface area contributed by atoms with Crippen LogP contribution in [0.15, 0.2) is 36.9 Å². The number of carbonyl (C=O) groups is 3. The van der Waals surface area contributed by atoms with Crippen LogP contribution in [0.25, 0.3) is 0 Å². The maximum absolute atomic E-state index is 13.2. The molecule has 0 radical (unpaired) electrons. The molecule has 27 heavy (non-hydrogen) atoms. The number of urea groups is 1. The summed E-state index contributed by atoms with van der Waals surface area (Å²) in [4.78, 5) is 40.3. The maximum atomic E-state index is 13.2. The first kappa shape index (κ1) is 17.7. The molecule has 2 atom stereocenters. The molecule has 10 heteroatoms. The van der Waals surface area contributed by atoms with Gasteiger partial charge in [0.2, 0.25) is 11.8 Å². The molecule has 0 unspecified atom stereocenters. The van der Waals surface area contributed by atoms with Crippen molar-refractivity contribution in [3.05, 3.63) is 42.5 Å². The quantitative estimate of drug-likeness (QED) is 0.515. The van der Waals surface area contributed by atoms with Gasteiger partial charge in [0.15, 0.2) is 5.41 Å². The lowest BCUT2D eigenvalue weighted by atomic mass is 9.73. The van der Waals surface area contributed by atoms with Crippen LogP contribution < -0.4 is 4.18 Å². The van der Waals surface area contributed by atoms with E-state index in [1.165, 1.54) is 26.2 Å². The summed E-state index contributed by atoms with van der Waals surface area (Å²) >= 11 is 0. The number of rotatable bonds is 1. The van der Waals surface area contributed by atoms with E-state index in [0.29, 0.717) is 5.56 Å². The number of imide groups is 2. The molecular weight excluding hydrogens is 374 g/mol. The molecule has 142 valence electrons. The van der Waals surface area contributed by atoms with Crippen molar-refractivity contribution < 1.29 is 27.0 Å². The van der Waals surface area contributed by atoms with Crippen LogP contribution in [0, 0.1) is 5.41 Å². The van der Waals surface area contributed by atoms with Crippen molar-refractivity contribution in [3.63, 3.8) is 0 Å². The second kappa shape index (κ2) is 5.40. The molecule has 0 aromatic heterocycles. The summed E-state index contributed by atoms with van der Waals surface area (Å²) in [6.45, 7) is 3.66. The molecule has 2 fully saturated rings. The number of para-hydroxylation sites is 1. The summed E-state index contributed by atoms with van der Waals surface area (Å²) in [6, 6.07) is 3.63. The van der Waals surface area contributed by atoms with E-state index < -0.39 is 45.6 Å². The average Bonchev–Trinajstić information content (AvgIpc) is 3.01. The summed E-state index contributed by atoms with van der Waals surface area (Å²) in [5.74, 6) is -1.41. The maximum Gasteiger partial charge on any atom is 0.386 e. The molecule has 4 rings (SSSR count). The highest BCUT2D eigenvalue weighted by Gasteiger charge is 2.70. The molecule has 0 bridgehead atoms. The Balaban J connectivity index is 2.04. The van der Waals surface area contributed by atoms with E-state index in [2.05, 4.69) is 6.58 Å². The largest absolute Gasteiger partial charge is 0.386 e. The minimum atomic E-state index is -4.27. The van der Waals surface area contributed by atoms with E-state index in [0.717, 1.165) is 14.1 Å². The molecule has 2 saturated heterocycles. The van der Waals surface area contributed by atoms with E-state index in [1.54, 1.807) is 18.2 Å². The third-order valence-electron chi connectivity index (χ3n) is 5.46. The van der Waals surface area contributed by atoms with Crippen LogP contribution in [0.5, 0.6) is 5.75 Å². The normalized spacial score (nSPS) is 28.7. The van der Waals surface area contributed by atoms with Gasteiger partial charge in [-0.3, -0.25) is 19.4 Å². The lowest BCUT2D eigenvalue weighted by Crippen LogP contribution is -2.64. The fourth-order valence-corrected chi connectivity index (χ4v) is 5.77. The second-order valence-electron chi connectivity index (χ2n) is 6.80. The number of hydrogen-bond acceptors (Lipinski definition) is 6. The predicted molar refractivity (Wildman–Crippen MR) is 92.5 cm³/mol. The Morgan fingerprint density at radius 1 is 1.15 bits per heavy atom. The number of amides is 4. The first-order valence-corrected chi connectivity index (χ1v) is 9.58. The molecule has 1 aromatic carbocycles. The molecule has 0 aliphatic carbocycles. The molecule has 0 N–H and O–H groups in total. The number of fused-ring (bicyclic) bond motifs is 4. The topological polar surface area (TPSA) is 104 Å². The van der Waals surface area contributed by atoms with Gasteiger partial charge in [0.25, 0.3) is 0 Å². The number of hydrogen-bond donors (Lipinski definition) is 0. The number of benzene rings is 1. The van der Waals surface area contributed by atoms with Crippen molar-refractivity contribution in [3.8, 4) is 5.75 Å². The van der Waals surface area contributed by atoms with Crippen LogP contribution in [-0.2, 0) is 19.9 Å². The molecule has 3 aliphatic rings. The Morgan fingerprint density at radius 2 is 1.74 bits per heavy atom. The second-order valence-corrected chi connectivity index (χ2v) is 8.24. The molecular formula is C17H17N3O6S. The van der Waals surface area contributed by atoms with Gasteiger partial charge in [-0.2, -0.15) is 12.7 Å². The highest BCUT2D eigenvalue weighted by Crippen LogP contribution is 2.58. The van der Waals surface area contributed by atoms with E-state index in [4.69, 9.17) is 4.18 Å². The zero-order valence-corrected chi connectivity index (χ0v) is 15.5. The van der Waals surface area contributed by atoms with Gasteiger partial charge in [-0.1, -0.05) is 24.3 Å². The van der Waals surface area contributed by atoms with Crippen molar-refractivity contribution in [2.75, 3.05) is 14.1 Å². The molecule has 4 amide bonds. The lowest BCUT2D eigenvalue weighted by Gasteiger charge is -2.44. The van der Waals surface area contributed by atoms with Crippen LogP contribution in [0.3, 0.4) is 0 Å². The summed E-state index contributed by atoms with van der Waals surface area (Å²) in [5.41, 5.74) is -1.38. The first-order chi connectivity index (χ1) is 12.7. The van der Waals surface area contributed by atoms with Crippen molar-refractivity contribution in [1.82, 2.24) is 14.1 Å². The summed E-state index contributed by atoms with van der Waals surface area (Å²) in [7, 11) is -1.71. The number of carbonyl (C=O) groups excluding carboxylic acids is 3. The minimum Gasteiger partial charge on any atom is -0.370 e. The lowest BCUT2D eigenvalue weighted by molar-refractivity contribution is -0.158.